The van der Waals surface area contributed by atoms with Gasteiger partial charge in [0.15, 0.2) is 5.65 Å². The number of aromatic amines is 1. The van der Waals surface area contributed by atoms with E-state index < -0.39 is 0 Å². The van der Waals surface area contributed by atoms with Crippen molar-refractivity contribution in [2.45, 2.75) is 45.6 Å². The zero-order valence-corrected chi connectivity index (χ0v) is 20.2. The fourth-order valence-corrected chi connectivity index (χ4v) is 5.36. The number of likely N-dealkylation sites (tertiary alicyclic amines) is 1. The van der Waals surface area contributed by atoms with Gasteiger partial charge >= 0.3 is 0 Å². The van der Waals surface area contributed by atoms with Gasteiger partial charge in [0.25, 0.3) is 5.91 Å². The van der Waals surface area contributed by atoms with Gasteiger partial charge < -0.3 is 9.80 Å². The molecule has 4 aromatic heterocycles. The van der Waals surface area contributed by atoms with Crippen molar-refractivity contribution in [3.8, 4) is 11.3 Å². The van der Waals surface area contributed by atoms with Gasteiger partial charge in [-0.25, -0.2) is 9.50 Å². The number of carbonyl (C=O) groups is 1. The SMILES string of the molecule is Cc1cn2nc([C@@H]3CCCCN3C(=O)c3cc(-c4cccnc4)n[nH]3)cc2nc1N1CC[C@H](C)C1. The van der Waals surface area contributed by atoms with Crippen LogP contribution in [-0.4, -0.2) is 60.2 Å². The molecule has 0 aromatic carbocycles. The van der Waals surface area contributed by atoms with E-state index in [0.29, 0.717) is 23.9 Å². The molecule has 2 fully saturated rings. The Balaban J connectivity index is 1.29. The minimum Gasteiger partial charge on any atom is -0.356 e. The molecule has 2 aliphatic rings. The quantitative estimate of drug-likeness (QED) is 0.484. The molecule has 6 heterocycles. The van der Waals surface area contributed by atoms with E-state index in [9.17, 15) is 4.79 Å². The number of H-pyrrole nitrogens is 1. The second kappa shape index (κ2) is 8.79. The molecule has 0 bridgehead atoms. The summed E-state index contributed by atoms with van der Waals surface area (Å²) in [6.07, 6.45) is 9.66. The average molecular weight is 471 g/mol. The van der Waals surface area contributed by atoms with Crippen LogP contribution < -0.4 is 4.90 Å². The fourth-order valence-electron chi connectivity index (χ4n) is 5.36. The summed E-state index contributed by atoms with van der Waals surface area (Å²) in [6.45, 7) is 7.17. The van der Waals surface area contributed by atoms with E-state index in [2.05, 4.69) is 40.1 Å². The highest BCUT2D eigenvalue weighted by Gasteiger charge is 2.32. The second-order valence-corrected chi connectivity index (χ2v) is 9.88. The topological polar surface area (TPSA) is 95.3 Å². The molecule has 0 unspecified atom stereocenters. The third kappa shape index (κ3) is 4.05. The molecule has 0 radical (unpaired) electrons. The van der Waals surface area contributed by atoms with Crippen LogP contribution >= 0.6 is 0 Å². The number of rotatable bonds is 4. The maximum Gasteiger partial charge on any atom is 0.272 e. The summed E-state index contributed by atoms with van der Waals surface area (Å²) in [6, 6.07) is 7.57. The van der Waals surface area contributed by atoms with E-state index in [1.165, 1.54) is 6.42 Å². The molecule has 35 heavy (non-hydrogen) atoms. The van der Waals surface area contributed by atoms with Crippen LogP contribution in [0, 0.1) is 12.8 Å². The van der Waals surface area contributed by atoms with Crippen LogP contribution in [0.4, 0.5) is 5.82 Å². The number of pyridine rings is 1. The molecule has 0 spiro atoms. The summed E-state index contributed by atoms with van der Waals surface area (Å²) in [5.74, 6) is 1.69. The first-order valence-corrected chi connectivity index (χ1v) is 12.5. The van der Waals surface area contributed by atoms with Crippen molar-refractivity contribution in [2.24, 2.45) is 5.92 Å². The Hall–Kier alpha value is -3.75. The average Bonchev–Trinajstić information content (AvgIpc) is 3.63. The number of nitrogens with zero attached hydrogens (tertiary/aromatic N) is 7. The summed E-state index contributed by atoms with van der Waals surface area (Å²) in [4.78, 5) is 27.0. The summed E-state index contributed by atoms with van der Waals surface area (Å²) in [7, 11) is 0. The van der Waals surface area contributed by atoms with Crippen LogP contribution in [0.3, 0.4) is 0 Å². The molecule has 0 saturated carbocycles. The molecule has 2 aliphatic heterocycles. The van der Waals surface area contributed by atoms with Gasteiger partial charge in [-0.3, -0.25) is 14.9 Å². The van der Waals surface area contributed by atoms with Gasteiger partial charge in [-0.05, 0) is 56.7 Å². The largest absolute Gasteiger partial charge is 0.356 e. The minimum atomic E-state index is -0.0846. The molecule has 2 atom stereocenters. The highest BCUT2D eigenvalue weighted by Crippen LogP contribution is 2.33. The van der Waals surface area contributed by atoms with Crippen LogP contribution in [0.5, 0.6) is 0 Å². The number of hydrogen-bond donors (Lipinski definition) is 1. The lowest BCUT2D eigenvalue weighted by atomic mass is 9.99. The molecular weight excluding hydrogens is 440 g/mol. The van der Waals surface area contributed by atoms with E-state index in [1.807, 2.05) is 33.7 Å². The number of fused-ring (bicyclic) bond motifs is 1. The van der Waals surface area contributed by atoms with Gasteiger partial charge in [0.2, 0.25) is 0 Å². The number of anilines is 1. The number of aromatic nitrogens is 6. The maximum atomic E-state index is 13.5. The van der Waals surface area contributed by atoms with Gasteiger partial charge in [0, 0.05) is 55.4 Å². The number of piperidine rings is 1. The Morgan fingerprint density at radius 3 is 2.89 bits per heavy atom. The maximum absolute atomic E-state index is 13.5. The Morgan fingerprint density at radius 1 is 1.17 bits per heavy atom. The molecule has 2 saturated heterocycles. The molecule has 9 nitrogen and oxygen atoms in total. The Bertz CT molecular complexity index is 1360. The van der Waals surface area contributed by atoms with Crippen LogP contribution in [0.15, 0.2) is 42.9 Å². The third-order valence-electron chi connectivity index (χ3n) is 7.22. The zero-order chi connectivity index (χ0) is 23.9. The standard InChI is InChI=1S/C26H30N8O/c1-17-8-11-32(15-17)25-18(2)16-34-24(28-25)13-21(31-34)23-7-3-4-10-33(23)26(35)22-12-20(29-30-22)19-6-5-9-27-14-19/h5-6,9,12-14,16-17,23H,3-4,7-8,10-11,15H2,1-2H3,(H,29,30)/t17-,23-/m0/s1. The molecule has 9 heteroatoms. The van der Waals surface area contributed by atoms with Gasteiger partial charge in [-0.15, -0.1) is 0 Å². The van der Waals surface area contributed by atoms with E-state index in [0.717, 1.165) is 60.6 Å². The number of aryl methyl sites for hydroxylation is 1. The second-order valence-electron chi connectivity index (χ2n) is 9.88. The van der Waals surface area contributed by atoms with E-state index >= 15 is 0 Å². The number of carbonyl (C=O) groups excluding carboxylic acids is 1. The van der Waals surface area contributed by atoms with Crippen LogP contribution in [0.2, 0.25) is 0 Å². The van der Waals surface area contributed by atoms with Crippen molar-refractivity contribution < 1.29 is 4.79 Å². The van der Waals surface area contributed by atoms with Crippen molar-refractivity contribution in [1.82, 2.24) is 34.7 Å². The Morgan fingerprint density at radius 2 is 2.09 bits per heavy atom. The lowest BCUT2D eigenvalue weighted by Crippen LogP contribution is -2.38. The van der Waals surface area contributed by atoms with E-state index in [4.69, 9.17) is 10.1 Å². The van der Waals surface area contributed by atoms with Gasteiger partial charge in [-0.1, -0.05) is 6.92 Å². The highest BCUT2D eigenvalue weighted by molar-refractivity contribution is 5.93. The van der Waals surface area contributed by atoms with Crippen LogP contribution in [0.1, 0.15) is 60.4 Å². The van der Waals surface area contributed by atoms with Gasteiger partial charge in [-0.2, -0.15) is 10.2 Å². The molecule has 0 aliphatic carbocycles. The summed E-state index contributed by atoms with van der Waals surface area (Å²) in [5.41, 5.74) is 4.92. The molecule has 180 valence electrons. The first kappa shape index (κ1) is 21.8. The molecular formula is C26H30N8O. The van der Waals surface area contributed by atoms with Crippen LogP contribution in [0.25, 0.3) is 16.9 Å². The van der Waals surface area contributed by atoms with E-state index in [-0.39, 0.29) is 11.9 Å². The predicted molar refractivity (Wildman–Crippen MR) is 133 cm³/mol. The smallest absolute Gasteiger partial charge is 0.272 e. The minimum absolute atomic E-state index is 0.0507. The van der Waals surface area contributed by atoms with Crippen molar-refractivity contribution >= 4 is 17.4 Å². The predicted octanol–water partition coefficient (Wildman–Crippen LogP) is 4.04. The number of hydrogen-bond acceptors (Lipinski definition) is 6. The summed E-state index contributed by atoms with van der Waals surface area (Å²) < 4.78 is 1.86. The van der Waals surface area contributed by atoms with Crippen molar-refractivity contribution in [3.05, 3.63) is 59.8 Å². The third-order valence-corrected chi connectivity index (χ3v) is 7.22. The first-order chi connectivity index (χ1) is 17.1. The molecule has 6 rings (SSSR count). The van der Waals surface area contributed by atoms with Crippen molar-refractivity contribution in [2.75, 3.05) is 24.5 Å². The normalized spacial score (nSPS) is 20.6. The summed E-state index contributed by atoms with van der Waals surface area (Å²) in [5, 5.41) is 12.2. The highest BCUT2D eigenvalue weighted by atomic mass is 16.2. The molecule has 1 amide bonds. The first-order valence-electron chi connectivity index (χ1n) is 12.5. The summed E-state index contributed by atoms with van der Waals surface area (Å²) >= 11 is 0. The number of nitrogens with one attached hydrogen (secondary N) is 1. The lowest BCUT2D eigenvalue weighted by Gasteiger charge is -2.34. The Labute approximate surface area is 204 Å². The molecule has 4 aromatic rings. The van der Waals surface area contributed by atoms with Crippen molar-refractivity contribution in [1.29, 1.82) is 0 Å². The van der Waals surface area contributed by atoms with Crippen LogP contribution in [-0.2, 0) is 0 Å². The van der Waals surface area contributed by atoms with Crippen molar-refractivity contribution in [3.63, 3.8) is 0 Å². The van der Waals surface area contributed by atoms with Gasteiger partial charge in [0.1, 0.15) is 11.5 Å². The van der Waals surface area contributed by atoms with E-state index in [1.54, 1.807) is 12.4 Å². The Kier molecular flexibility index (Phi) is 5.47. The van der Waals surface area contributed by atoms with Gasteiger partial charge in [0.05, 0.1) is 17.4 Å². The zero-order valence-electron chi connectivity index (χ0n) is 20.2. The number of amides is 1. The fraction of sp³-hybridized carbons (Fsp3) is 0.423. The lowest BCUT2D eigenvalue weighted by molar-refractivity contribution is 0.0599. The molecule has 1 N–H and O–H groups in total. The monoisotopic (exact) mass is 470 g/mol.